The van der Waals surface area contributed by atoms with Gasteiger partial charge in [-0.1, -0.05) is 5.21 Å². The van der Waals surface area contributed by atoms with Gasteiger partial charge in [0.05, 0.1) is 6.20 Å². The normalized spacial score (nSPS) is 10.8. The Kier molecular flexibility index (Phi) is 1.77. The van der Waals surface area contributed by atoms with Crippen molar-refractivity contribution in [2.45, 2.75) is 6.92 Å². The second kappa shape index (κ2) is 2.83. The van der Waals surface area contributed by atoms with Crippen molar-refractivity contribution in [3.05, 3.63) is 12.0 Å². The van der Waals surface area contributed by atoms with Crippen molar-refractivity contribution in [1.82, 2.24) is 24.5 Å². The molecule has 0 amide bonds. The lowest BCUT2D eigenvalue weighted by molar-refractivity contribution is 0.715. The van der Waals surface area contributed by atoms with Gasteiger partial charge in [-0.15, -0.1) is 5.10 Å². The molecular weight excluding hydrogens is 180 g/mol. The summed E-state index contributed by atoms with van der Waals surface area (Å²) in [5, 5.41) is 7.79. The molecule has 6 heteroatoms. The third kappa shape index (κ3) is 1.15. The first kappa shape index (κ1) is 8.74. The predicted octanol–water partition coefficient (Wildman–Crippen LogP) is 0.106. The van der Waals surface area contributed by atoms with Crippen LogP contribution in [0.4, 0.5) is 5.82 Å². The van der Waals surface area contributed by atoms with E-state index in [-0.39, 0.29) is 0 Å². The smallest absolute Gasteiger partial charge is 0.135 e. The number of anilines is 1. The molecular formula is C8H12N6. The summed E-state index contributed by atoms with van der Waals surface area (Å²) < 4.78 is 3.45. The van der Waals surface area contributed by atoms with Crippen LogP contribution in [0.3, 0.4) is 0 Å². The van der Waals surface area contributed by atoms with Crippen LogP contribution >= 0.6 is 0 Å². The number of hydrogen-bond donors (Lipinski definition) is 1. The number of rotatable bonds is 1. The number of nitrogens with zero attached hydrogens (tertiary/aromatic N) is 5. The van der Waals surface area contributed by atoms with Crippen molar-refractivity contribution >= 4 is 5.82 Å². The van der Waals surface area contributed by atoms with E-state index in [1.807, 2.05) is 25.6 Å². The molecule has 2 heterocycles. The second-order valence-electron chi connectivity index (χ2n) is 3.23. The van der Waals surface area contributed by atoms with Gasteiger partial charge in [-0.2, -0.15) is 0 Å². The standard InChI is InChI=1S/C8H12N6/c1-5-10-7(8(9)14(5)3)6-4-13(2)12-11-6/h4H,9H2,1-3H3. The van der Waals surface area contributed by atoms with Crippen LogP contribution in [0.2, 0.25) is 0 Å². The van der Waals surface area contributed by atoms with E-state index in [0.717, 1.165) is 5.82 Å². The fraction of sp³-hybridized carbons (Fsp3) is 0.375. The zero-order chi connectivity index (χ0) is 10.3. The van der Waals surface area contributed by atoms with Crippen LogP contribution in [0.1, 0.15) is 5.82 Å². The monoisotopic (exact) mass is 192 g/mol. The molecule has 0 aliphatic carbocycles. The molecule has 2 rings (SSSR count). The topological polar surface area (TPSA) is 74.6 Å². The van der Waals surface area contributed by atoms with Crippen molar-refractivity contribution in [3.8, 4) is 11.4 Å². The Morgan fingerprint density at radius 3 is 2.50 bits per heavy atom. The van der Waals surface area contributed by atoms with Gasteiger partial charge < -0.3 is 10.3 Å². The molecule has 0 radical (unpaired) electrons. The van der Waals surface area contributed by atoms with Gasteiger partial charge in [0.1, 0.15) is 23.0 Å². The minimum Gasteiger partial charge on any atom is -0.383 e. The van der Waals surface area contributed by atoms with Gasteiger partial charge in [0.25, 0.3) is 0 Å². The van der Waals surface area contributed by atoms with Crippen LogP contribution in [0.25, 0.3) is 11.4 Å². The lowest BCUT2D eigenvalue weighted by atomic mass is 10.3. The van der Waals surface area contributed by atoms with E-state index in [9.17, 15) is 0 Å². The fourth-order valence-corrected chi connectivity index (χ4v) is 1.27. The maximum atomic E-state index is 5.87. The quantitative estimate of drug-likeness (QED) is 0.695. The van der Waals surface area contributed by atoms with Gasteiger partial charge in [-0.05, 0) is 6.92 Å². The first-order valence-corrected chi connectivity index (χ1v) is 4.25. The summed E-state index contributed by atoms with van der Waals surface area (Å²) in [5.41, 5.74) is 7.26. The highest BCUT2D eigenvalue weighted by molar-refractivity contribution is 5.66. The van der Waals surface area contributed by atoms with Crippen molar-refractivity contribution in [2.75, 3.05) is 5.73 Å². The second-order valence-corrected chi connectivity index (χ2v) is 3.23. The van der Waals surface area contributed by atoms with E-state index in [1.165, 1.54) is 0 Å². The van der Waals surface area contributed by atoms with Crippen molar-refractivity contribution in [2.24, 2.45) is 14.1 Å². The van der Waals surface area contributed by atoms with Crippen LogP contribution in [-0.2, 0) is 14.1 Å². The summed E-state index contributed by atoms with van der Waals surface area (Å²) in [7, 11) is 3.68. The molecule has 0 atom stereocenters. The summed E-state index contributed by atoms with van der Waals surface area (Å²) >= 11 is 0. The summed E-state index contributed by atoms with van der Waals surface area (Å²) in [6.45, 7) is 1.90. The first-order chi connectivity index (χ1) is 6.59. The SMILES string of the molecule is Cc1nc(-c2cn(C)nn2)c(N)n1C. The van der Waals surface area contributed by atoms with Gasteiger partial charge in [0, 0.05) is 14.1 Å². The molecule has 2 aromatic heterocycles. The average Bonchev–Trinajstić information content (AvgIpc) is 2.66. The van der Waals surface area contributed by atoms with Crippen molar-refractivity contribution in [3.63, 3.8) is 0 Å². The number of nitrogen functional groups attached to an aromatic ring is 1. The number of aryl methyl sites for hydroxylation is 2. The molecule has 0 fully saturated rings. The highest BCUT2D eigenvalue weighted by Crippen LogP contribution is 2.22. The third-order valence-electron chi connectivity index (χ3n) is 2.21. The summed E-state index contributed by atoms with van der Waals surface area (Å²) in [5.74, 6) is 1.48. The molecule has 74 valence electrons. The molecule has 6 nitrogen and oxygen atoms in total. The number of imidazole rings is 1. The average molecular weight is 192 g/mol. The molecule has 2 N–H and O–H groups in total. The molecule has 0 unspecified atom stereocenters. The van der Waals surface area contributed by atoms with E-state index in [4.69, 9.17) is 5.73 Å². The Hall–Kier alpha value is -1.85. The summed E-state index contributed by atoms with van der Waals surface area (Å²) in [4.78, 5) is 4.32. The zero-order valence-corrected chi connectivity index (χ0v) is 8.39. The van der Waals surface area contributed by atoms with Crippen LogP contribution in [0.5, 0.6) is 0 Å². The largest absolute Gasteiger partial charge is 0.383 e. The Balaban J connectivity index is 2.57. The Morgan fingerprint density at radius 2 is 2.07 bits per heavy atom. The van der Waals surface area contributed by atoms with E-state index in [1.54, 1.807) is 10.9 Å². The Bertz CT molecular complexity index is 466. The Labute approximate surface area is 81.4 Å². The number of hydrogen-bond acceptors (Lipinski definition) is 4. The number of nitrogens with two attached hydrogens (primary N) is 1. The summed E-state index contributed by atoms with van der Waals surface area (Å²) in [6.07, 6.45) is 1.79. The first-order valence-electron chi connectivity index (χ1n) is 4.25. The third-order valence-corrected chi connectivity index (χ3v) is 2.21. The lowest BCUT2D eigenvalue weighted by Crippen LogP contribution is -1.98. The lowest BCUT2D eigenvalue weighted by Gasteiger charge is -1.96. The molecule has 0 aromatic carbocycles. The number of aromatic nitrogens is 5. The van der Waals surface area contributed by atoms with Crippen LogP contribution in [-0.4, -0.2) is 24.5 Å². The van der Waals surface area contributed by atoms with E-state index in [0.29, 0.717) is 17.2 Å². The van der Waals surface area contributed by atoms with Gasteiger partial charge in [0.15, 0.2) is 0 Å². The zero-order valence-electron chi connectivity index (χ0n) is 8.39. The highest BCUT2D eigenvalue weighted by Gasteiger charge is 2.13. The van der Waals surface area contributed by atoms with Gasteiger partial charge in [-0.25, -0.2) is 4.98 Å². The molecule has 0 saturated heterocycles. The van der Waals surface area contributed by atoms with Crippen LogP contribution < -0.4 is 5.73 Å². The molecule has 0 aliphatic rings. The molecule has 0 bridgehead atoms. The maximum absolute atomic E-state index is 5.87. The molecule has 0 aliphatic heterocycles. The van der Waals surface area contributed by atoms with Crippen LogP contribution in [0.15, 0.2) is 6.20 Å². The van der Waals surface area contributed by atoms with Crippen molar-refractivity contribution in [1.29, 1.82) is 0 Å². The minimum atomic E-state index is 0.614. The van der Waals surface area contributed by atoms with E-state index < -0.39 is 0 Å². The highest BCUT2D eigenvalue weighted by atomic mass is 15.4. The van der Waals surface area contributed by atoms with Crippen LogP contribution in [0, 0.1) is 6.92 Å². The molecule has 0 spiro atoms. The van der Waals surface area contributed by atoms with Gasteiger partial charge >= 0.3 is 0 Å². The minimum absolute atomic E-state index is 0.614. The van der Waals surface area contributed by atoms with Gasteiger partial charge in [-0.3, -0.25) is 4.68 Å². The summed E-state index contributed by atoms with van der Waals surface area (Å²) in [6, 6.07) is 0. The molecule has 0 saturated carbocycles. The molecule has 2 aromatic rings. The van der Waals surface area contributed by atoms with E-state index in [2.05, 4.69) is 15.3 Å². The Morgan fingerprint density at radius 1 is 1.36 bits per heavy atom. The predicted molar refractivity (Wildman–Crippen MR) is 52.4 cm³/mol. The van der Waals surface area contributed by atoms with E-state index >= 15 is 0 Å². The fourth-order valence-electron chi connectivity index (χ4n) is 1.27. The molecule has 14 heavy (non-hydrogen) atoms. The van der Waals surface area contributed by atoms with Crippen molar-refractivity contribution < 1.29 is 0 Å². The van der Waals surface area contributed by atoms with Gasteiger partial charge in [0.2, 0.25) is 0 Å². The maximum Gasteiger partial charge on any atom is 0.135 e.